The summed E-state index contributed by atoms with van der Waals surface area (Å²) in [5, 5.41) is 9.87. The molecule has 0 aliphatic carbocycles. The van der Waals surface area contributed by atoms with Gasteiger partial charge >= 0.3 is 0 Å². The summed E-state index contributed by atoms with van der Waals surface area (Å²) in [4.78, 5) is 0. The monoisotopic (exact) mass is 296 g/mol. The van der Waals surface area contributed by atoms with E-state index in [9.17, 15) is 5.11 Å². The van der Waals surface area contributed by atoms with Crippen LogP contribution >= 0.6 is 11.8 Å². The van der Waals surface area contributed by atoms with E-state index in [0.717, 1.165) is 17.3 Å². The second-order valence-corrected chi connectivity index (χ2v) is 6.42. The van der Waals surface area contributed by atoms with Gasteiger partial charge in [0.1, 0.15) is 12.4 Å². The van der Waals surface area contributed by atoms with E-state index in [2.05, 4.69) is 6.92 Å². The Labute approximate surface area is 127 Å². The van der Waals surface area contributed by atoms with Crippen molar-refractivity contribution in [2.24, 2.45) is 0 Å². The molecule has 114 valence electrons. The van der Waals surface area contributed by atoms with Gasteiger partial charge in [0.25, 0.3) is 0 Å². The first-order valence-corrected chi connectivity index (χ1v) is 8.83. The van der Waals surface area contributed by atoms with Gasteiger partial charge in [0, 0.05) is 5.75 Å². The summed E-state index contributed by atoms with van der Waals surface area (Å²) in [6.45, 7) is 4.66. The van der Waals surface area contributed by atoms with Gasteiger partial charge in [-0.25, -0.2) is 0 Å². The Morgan fingerprint density at radius 2 is 2.00 bits per heavy atom. The predicted molar refractivity (Wildman–Crippen MR) is 88.8 cm³/mol. The molecule has 0 aliphatic rings. The maximum absolute atomic E-state index is 9.87. The van der Waals surface area contributed by atoms with Crippen LogP contribution in [0.4, 0.5) is 0 Å². The highest BCUT2D eigenvalue weighted by Gasteiger charge is 2.05. The first-order valence-electron chi connectivity index (χ1n) is 7.67. The van der Waals surface area contributed by atoms with E-state index in [0.29, 0.717) is 6.61 Å². The molecule has 0 saturated carbocycles. The molecule has 1 rings (SSSR count). The van der Waals surface area contributed by atoms with Crippen LogP contribution in [0.3, 0.4) is 0 Å². The molecule has 3 heteroatoms. The molecule has 1 aromatic rings. The largest absolute Gasteiger partial charge is 0.491 e. The van der Waals surface area contributed by atoms with Gasteiger partial charge in [-0.15, -0.1) is 0 Å². The van der Waals surface area contributed by atoms with Crippen LogP contribution in [0, 0.1) is 6.92 Å². The highest BCUT2D eigenvalue weighted by molar-refractivity contribution is 7.99. The van der Waals surface area contributed by atoms with E-state index < -0.39 is 0 Å². The number of benzene rings is 1. The number of aliphatic hydroxyl groups is 1. The molecule has 1 atom stereocenters. The van der Waals surface area contributed by atoms with Gasteiger partial charge in [-0.1, -0.05) is 44.7 Å². The summed E-state index contributed by atoms with van der Waals surface area (Å²) in [6, 6.07) is 7.94. The zero-order valence-corrected chi connectivity index (χ0v) is 13.6. The molecule has 0 aromatic heterocycles. The first kappa shape index (κ1) is 17.4. The van der Waals surface area contributed by atoms with Gasteiger partial charge in [-0.05, 0) is 36.8 Å². The molecule has 0 spiro atoms. The highest BCUT2D eigenvalue weighted by atomic mass is 32.2. The zero-order chi connectivity index (χ0) is 14.6. The standard InChI is InChI=1S/C17H28O2S/c1-3-4-5-6-7-11-20-14-16(18)13-19-17-10-8-9-15(2)12-17/h8-10,12,16,18H,3-7,11,13-14H2,1-2H3. The van der Waals surface area contributed by atoms with Crippen LogP contribution in [-0.2, 0) is 0 Å². The number of aliphatic hydroxyl groups excluding tert-OH is 1. The van der Waals surface area contributed by atoms with E-state index in [-0.39, 0.29) is 6.10 Å². The van der Waals surface area contributed by atoms with Crippen molar-refractivity contribution < 1.29 is 9.84 Å². The minimum absolute atomic E-state index is 0.379. The number of rotatable bonds is 11. The molecule has 0 aliphatic heterocycles. The molecule has 20 heavy (non-hydrogen) atoms. The Kier molecular flexibility index (Phi) is 9.60. The molecule has 2 nitrogen and oxygen atoms in total. The van der Waals surface area contributed by atoms with E-state index in [1.807, 2.05) is 43.0 Å². The summed E-state index contributed by atoms with van der Waals surface area (Å²) < 4.78 is 5.60. The molecule has 0 heterocycles. The predicted octanol–water partition coefficient (Wildman–Crippen LogP) is 4.44. The highest BCUT2D eigenvalue weighted by Crippen LogP contribution is 2.14. The topological polar surface area (TPSA) is 29.5 Å². The number of hydrogen-bond donors (Lipinski definition) is 1. The fourth-order valence-corrected chi connectivity index (χ4v) is 2.92. The van der Waals surface area contributed by atoms with Crippen molar-refractivity contribution in [1.82, 2.24) is 0 Å². The summed E-state index contributed by atoms with van der Waals surface area (Å²) in [5.74, 6) is 2.75. The molecule has 0 amide bonds. The summed E-state index contributed by atoms with van der Waals surface area (Å²) in [6.07, 6.45) is 6.18. The molecule has 0 fully saturated rings. The van der Waals surface area contributed by atoms with E-state index in [1.165, 1.54) is 37.7 Å². The van der Waals surface area contributed by atoms with Crippen molar-refractivity contribution in [3.8, 4) is 5.75 Å². The molecule has 1 unspecified atom stereocenters. The molecular formula is C17H28O2S. The lowest BCUT2D eigenvalue weighted by molar-refractivity contribution is 0.126. The van der Waals surface area contributed by atoms with Gasteiger partial charge in [0.15, 0.2) is 0 Å². The Bertz CT molecular complexity index is 355. The van der Waals surface area contributed by atoms with Gasteiger partial charge in [0.05, 0.1) is 6.10 Å². The molecule has 0 bridgehead atoms. The number of thioether (sulfide) groups is 1. The SMILES string of the molecule is CCCCCCCSCC(O)COc1cccc(C)c1. The summed E-state index contributed by atoms with van der Waals surface area (Å²) >= 11 is 1.83. The van der Waals surface area contributed by atoms with Crippen molar-refractivity contribution in [2.45, 2.75) is 52.1 Å². The average molecular weight is 296 g/mol. The third-order valence-corrected chi connectivity index (χ3v) is 4.33. The van der Waals surface area contributed by atoms with Crippen LogP contribution in [0.1, 0.15) is 44.6 Å². The Hall–Kier alpha value is -0.670. The normalized spacial score (nSPS) is 12.3. The van der Waals surface area contributed by atoms with Gasteiger partial charge in [0.2, 0.25) is 0 Å². The third-order valence-electron chi connectivity index (χ3n) is 3.13. The van der Waals surface area contributed by atoms with Crippen molar-refractivity contribution in [1.29, 1.82) is 0 Å². The van der Waals surface area contributed by atoms with Crippen LogP contribution in [0.5, 0.6) is 5.75 Å². The van der Waals surface area contributed by atoms with Crippen LogP contribution in [-0.4, -0.2) is 29.3 Å². The minimum Gasteiger partial charge on any atom is -0.491 e. The lowest BCUT2D eigenvalue weighted by atomic mass is 10.2. The maximum Gasteiger partial charge on any atom is 0.119 e. The van der Waals surface area contributed by atoms with E-state index in [4.69, 9.17) is 4.74 Å². The van der Waals surface area contributed by atoms with Gasteiger partial charge in [-0.3, -0.25) is 0 Å². The second kappa shape index (κ2) is 11.0. The van der Waals surface area contributed by atoms with Crippen molar-refractivity contribution in [2.75, 3.05) is 18.1 Å². The van der Waals surface area contributed by atoms with Crippen molar-refractivity contribution >= 4 is 11.8 Å². The van der Waals surface area contributed by atoms with Crippen molar-refractivity contribution in [3.63, 3.8) is 0 Å². The Morgan fingerprint density at radius 1 is 1.20 bits per heavy atom. The van der Waals surface area contributed by atoms with Crippen LogP contribution in [0.2, 0.25) is 0 Å². The summed E-state index contributed by atoms with van der Waals surface area (Å²) in [7, 11) is 0. The van der Waals surface area contributed by atoms with Crippen LogP contribution < -0.4 is 4.74 Å². The average Bonchev–Trinajstić information content (AvgIpc) is 2.44. The fraction of sp³-hybridized carbons (Fsp3) is 0.647. The van der Waals surface area contributed by atoms with Gasteiger partial charge in [-0.2, -0.15) is 11.8 Å². The van der Waals surface area contributed by atoms with E-state index >= 15 is 0 Å². The molecule has 0 radical (unpaired) electrons. The quantitative estimate of drug-likeness (QED) is 0.612. The summed E-state index contributed by atoms with van der Waals surface area (Å²) in [5.41, 5.74) is 1.18. The Morgan fingerprint density at radius 3 is 2.75 bits per heavy atom. The first-order chi connectivity index (χ1) is 9.72. The van der Waals surface area contributed by atoms with Crippen molar-refractivity contribution in [3.05, 3.63) is 29.8 Å². The molecular weight excluding hydrogens is 268 g/mol. The number of ether oxygens (including phenoxy) is 1. The fourth-order valence-electron chi connectivity index (χ4n) is 1.97. The lowest BCUT2D eigenvalue weighted by Crippen LogP contribution is -2.20. The lowest BCUT2D eigenvalue weighted by Gasteiger charge is -2.12. The zero-order valence-electron chi connectivity index (χ0n) is 12.8. The minimum atomic E-state index is -0.379. The molecule has 0 saturated heterocycles. The molecule has 1 aromatic carbocycles. The second-order valence-electron chi connectivity index (χ2n) is 5.27. The van der Waals surface area contributed by atoms with Crippen LogP contribution in [0.15, 0.2) is 24.3 Å². The number of aryl methyl sites for hydroxylation is 1. The van der Waals surface area contributed by atoms with E-state index in [1.54, 1.807) is 0 Å². The number of hydrogen-bond acceptors (Lipinski definition) is 3. The third kappa shape index (κ3) is 8.49. The number of unbranched alkanes of at least 4 members (excludes halogenated alkanes) is 4. The van der Waals surface area contributed by atoms with Crippen LogP contribution in [0.25, 0.3) is 0 Å². The Balaban J connectivity index is 2.01. The molecule has 1 N–H and O–H groups in total. The smallest absolute Gasteiger partial charge is 0.119 e. The maximum atomic E-state index is 9.87. The van der Waals surface area contributed by atoms with Gasteiger partial charge < -0.3 is 9.84 Å².